The highest BCUT2D eigenvalue weighted by Gasteiger charge is 2.21. The van der Waals surface area contributed by atoms with Gasteiger partial charge in [-0.2, -0.15) is 4.68 Å². The van der Waals surface area contributed by atoms with E-state index in [9.17, 15) is 19.1 Å². The molecule has 0 radical (unpaired) electrons. The first-order chi connectivity index (χ1) is 16.2. The van der Waals surface area contributed by atoms with Gasteiger partial charge in [-0.1, -0.05) is 13.8 Å². The summed E-state index contributed by atoms with van der Waals surface area (Å²) in [6.07, 6.45) is 2.43. The molecule has 0 amide bonds. The van der Waals surface area contributed by atoms with Crippen LogP contribution in [0.4, 0.5) is 8.78 Å². The smallest absolute Gasteiger partial charge is 0.350 e. The van der Waals surface area contributed by atoms with E-state index in [1.54, 1.807) is 6.92 Å². The van der Waals surface area contributed by atoms with Crippen molar-refractivity contribution in [1.29, 1.82) is 0 Å². The van der Waals surface area contributed by atoms with Crippen molar-refractivity contribution in [3.05, 3.63) is 74.5 Å². The number of halogens is 2. The van der Waals surface area contributed by atoms with Gasteiger partial charge in [-0.25, -0.2) is 18.6 Å². The van der Waals surface area contributed by atoms with E-state index in [1.165, 1.54) is 30.0 Å². The van der Waals surface area contributed by atoms with Gasteiger partial charge >= 0.3 is 5.69 Å². The van der Waals surface area contributed by atoms with Crippen LogP contribution in [0.3, 0.4) is 0 Å². The summed E-state index contributed by atoms with van der Waals surface area (Å²) in [6.45, 7) is 5.20. The Kier molecular flexibility index (Phi) is 6.05. The van der Waals surface area contributed by atoms with Gasteiger partial charge in [0.15, 0.2) is 11.6 Å². The Bertz CT molecular complexity index is 1520. The van der Waals surface area contributed by atoms with E-state index in [4.69, 9.17) is 4.74 Å². The van der Waals surface area contributed by atoms with E-state index < -0.39 is 29.5 Å². The van der Waals surface area contributed by atoms with Gasteiger partial charge in [-0.15, -0.1) is 5.10 Å². The number of pyridine rings is 2. The number of aliphatic hydroxyl groups is 1. The summed E-state index contributed by atoms with van der Waals surface area (Å²) in [5, 5.41) is 14.0. The summed E-state index contributed by atoms with van der Waals surface area (Å²) in [6, 6.07) is 3.68. The van der Waals surface area contributed by atoms with Gasteiger partial charge in [0.25, 0.3) is 5.56 Å². The van der Waals surface area contributed by atoms with E-state index >= 15 is 4.39 Å². The van der Waals surface area contributed by atoms with Crippen molar-refractivity contribution in [1.82, 2.24) is 23.9 Å². The summed E-state index contributed by atoms with van der Waals surface area (Å²) in [7, 11) is 1.37. The summed E-state index contributed by atoms with van der Waals surface area (Å²) < 4.78 is 38.1. The number of aromatic nitrogens is 5. The quantitative estimate of drug-likeness (QED) is 0.464. The van der Waals surface area contributed by atoms with Crippen molar-refractivity contribution < 1.29 is 18.6 Å². The predicted molar refractivity (Wildman–Crippen MR) is 121 cm³/mol. The van der Waals surface area contributed by atoms with Gasteiger partial charge in [0.2, 0.25) is 5.88 Å². The zero-order valence-electron chi connectivity index (χ0n) is 19.0. The zero-order chi connectivity index (χ0) is 24.7. The largest absolute Gasteiger partial charge is 0.481 e. The number of nitrogens with zero attached hydrogens (tertiary/aromatic N) is 5. The van der Waals surface area contributed by atoms with Crippen LogP contribution >= 0.6 is 0 Å². The molecule has 0 saturated heterocycles. The lowest BCUT2D eigenvalue weighted by molar-refractivity contribution is 0.264. The fourth-order valence-corrected chi connectivity index (χ4v) is 3.91. The highest BCUT2D eigenvalue weighted by molar-refractivity contribution is 5.87. The molecule has 3 heterocycles. The molecule has 0 fully saturated rings. The SMILES string of the molecule is CCn1c(CO)nn(-c2cc3c(C(C)C)cn(-c4cc(OC)ncc4F)c(=O)c3cc2F)c1=O. The number of rotatable bonds is 6. The molecule has 1 aromatic carbocycles. The molecule has 0 aliphatic rings. The molecule has 0 aliphatic carbocycles. The normalized spacial score (nSPS) is 11.5. The van der Waals surface area contributed by atoms with E-state index in [0.717, 1.165) is 21.5 Å². The molecule has 11 heteroatoms. The minimum absolute atomic E-state index is 0.00739. The molecule has 0 saturated carbocycles. The lowest BCUT2D eigenvalue weighted by Crippen LogP contribution is -2.25. The Morgan fingerprint density at radius 3 is 2.41 bits per heavy atom. The number of hydrogen-bond acceptors (Lipinski definition) is 6. The molecule has 0 spiro atoms. The first kappa shape index (κ1) is 23.3. The lowest BCUT2D eigenvalue weighted by atomic mass is 9.97. The van der Waals surface area contributed by atoms with Crippen LogP contribution in [0.2, 0.25) is 0 Å². The minimum Gasteiger partial charge on any atom is -0.481 e. The van der Waals surface area contributed by atoms with E-state index in [0.29, 0.717) is 10.9 Å². The average Bonchev–Trinajstić information content (AvgIpc) is 3.14. The zero-order valence-corrected chi connectivity index (χ0v) is 19.0. The summed E-state index contributed by atoms with van der Waals surface area (Å²) in [4.78, 5) is 29.9. The number of hydrogen-bond donors (Lipinski definition) is 1. The highest BCUT2D eigenvalue weighted by atomic mass is 19.1. The Morgan fingerprint density at radius 1 is 1.09 bits per heavy atom. The Morgan fingerprint density at radius 2 is 1.82 bits per heavy atom. The van der Waals surface area contributed by atoms with E-state index in [1.807, 2.05) is 13.8 Å². The van der Waals surface area contributed by atoms with Gasteiger partial charge in [0.05, 0.1) is 24.4 Å². The van der Waals surface area contributed by atoms with Crippen molar-refractivity contribution in [3.8, 4) is 17.3 Å². The standard InChI is InChI=1S/C23H23F2N5O4/c1-5-28-20(11-31)27-30(23(28)33)19-7-13-14(6-16(19)24)22(32)29(10-15(13)12(2)3)18-8-21(34-4)26-9-17(18)25/h6-10,12,31H,5,11H2,1-4H3. The van der Waals surface area contributed by atoms with Crippen LogP contribution in [0.5, 0.6) is 5.88 Å². The van der Waals surface area contributed by atoms with Crippen molar-refractivity contribution in [3.63, 3.8) is 0 Å². The molecular weight excluding hydrogens is 448 g/mol. The second-order valence-corrected chi connectivity index (χ2v) is 7.95. The first-order valence-corrected chi connectivity index (χ1v) is 10.6. The number of ether oxygens (including phenoxy) is 1. The van der Waals surface area contributed by atoms with Crippen LogP contribution in [0.25, 0.3) is 22.1 Å². The van der Waals surface area contributed by atoms with Gasteiger partial charge in [-0.3, -0.25) is 13.9 Å². The molecule has 0 unspecified atom stereocenters. The van der Waals surface area contributed by atoms with Crippen LogP contribution in [0.1, 0.15) is 38.1 Å². The Labute approximate surface area is 192 Å². The summed E-state index contributed by atoms with van der Waals surface area (Å²) in [5.74, 6) is -1.55. The van der Waals surface area contributed by atoms with Crippen LogP contribution in [-0.2, 0) is 13.2 Å². The van der Waals surface area contributed by atoms with Crippen LogP contribution in [-0.4, -0.2) is 36.1 Å². The molecule has 3 aromatic heterocycles. The maximum atomic E-state index is 15.3. The van der Waals surface area contributed by atoms with Gasteiger partial charge in [0.1, 0.15) is 18.1 Å². The third kappa shape index (κ3) is 3.67. The van der Waals surface area contributed by atoms with E-state index in [-0.39, 0.29) is 40.9 Å². The van der Waals surface area contributed by atoms with Gasteiger partial charge < -0.3 is 9.84 Å². The molecule has 0 atom stereocenters. The molecule has 9 nitrogen and oxygen atoms in total. The van der Waals surface area contributed by atoms with Crippen molar-refractivity contribution in [2.75, 3.05) is 7.11 Å². The van der Waals surface area contributed by atoms with Crippen LogP contribution < -0.4 is 16.0 Å². The van der Waals surface area contributed by atoms with Crippen molar-refractivity contribution >= 4 is 10.8 Å². The third-order valence-corrected chi connectivity index (χ3v) is 5.64. The Balaban J connectivity index is 2.05. The molecular formula is C23H23F2N5O4. The fraction of sp³-hybridized carbons (Fsp3) is 0.304. The average molecular weight is 471 g/mol. The van der Waals surface area contributed by atoms with E-state index in [2.05, 4.69) is 10.1 Å². The second-order valence-electron chi connectivity index (χ2n) is 7.95. The summed E-state index contributed by atoms with van der Waals surface area (Å²) in [5.41, 5.74) is -0.892. The van der Waals surface area contributed by atoms with Crippen LogP contribution in [0, 0.1) is 11.6 Å². The second kappa shape index (κ2) is 8.82. The maximum Gasteiger partial charge on any atom is 0.350 e. The minimum atomic E-state index is -0.864. The maximum absolute atomic E-state index is 15.3. The molecule has 0 bridgehead atoms. The fourth-order valence-electron chi connectivity index (χ4n) is 3.91. The first-order valence-electron chi connectivity index (χ1n) is 10.6. The number of aliphatic hydroxyl groups excluding tert-OH is 1. The predicted octanol–water partition coefficient (Wildman–Crippen LogP) is 2.66. The summed E-state index contributed by atoms with van der Waals surface area (Å²) >= 11 is 0. The molecule has 34 heavy (non-hydrogen) atoms. The molecule has 178 valence electrons. The number of fused-ring (bicyclic) bond motifs is 1. The van der Waals surface area contributed by atoms with Gasteiger partial charge in [-0.05, 0) is 35.9 Å². The van der Waals surface area contributed by atoms with Crippen LogP contribution in [0.15, 0.2) is 40.2 Å². The number of methoxy groups -OCH3 is 1. The third-order valence-electron chi connectivity index (χ3n) is 5.64. The topological polar surface area (TPSA) is 104 Å². The lowest BCUT2D eigenvalue weighted by Gasteiger charge is -2.16. The molecule has 0 aliphatic heterocycles. The number of benzene rings is 1. The molecule has 4 aromatic rings. The van der Waals surface area contributed by atoms with Crippen molar-refractivity contribution in [2.24, 2.45) is 0 Å². The monoisotopic (exact) mass is 471 g/mol. The Hall–Kier alpha value is -3.86. The van der Waals surface area contributed by atoms with Gasteiger partial charge in [0, 0.05) is 18.8 Å². The molecule has 4 rings (SSSR count). The highest BCUT2D eigenvalue weighted by Crippen LogP contribution is 2.28. The molecule has 1 N–H and O–H groups in total. The van der Waals surface area contributed by atoms with Crippen molar-refractivity contribution in [2.45, 2.75) is 39.8 Å².